The molecule has 0 saturated heterocycles. The molecule has 4 aromatic rings. The zero-order valence-corrected chi connectivity index (χ0v) is 31.7. The maximum absolute atomic E-state index is 11.5. The topological polar surface area (TPSA) is 121 Å². The number of aromatic hydroxyl groups is 2. The Balaban J connectivity index is 0.000000216. The van der Waals surface area contributed by atoms with E-state index < -0.39 is 11.9 Å². The molecule has 7 heteroatoms. The number of hydrogen-bond acceptors (Lipinski definition) is 6. The molecule has 2 saturated carbocycles. The molecule has 0 aromatic heterocycles. The molecular formula is C42H46O6Zn. The Morgan fingerprint density at radius 2 is 0.878 bits per heavy atom. The van der Waals surface area contributed by atoms with Crippen LogP contribution in [0.5, 0.6) is 11.5 Å². The molecule has 0 radical (unpaired) electrons. The van der Waals surface area contributed by atoms with Crippen molar-refractivity contribution in [3.63, 3.8) is 0 Å². The fourth-order valence-corrected chi connectivity index (χ4v) is 7.49. The van der Waals surface area contributed by atoms with Gasteiger partial charge in [-0.25, -0.2) is 0 Å². The van der Waals surface area contributed by atoms with Crippen LogP contribution in [0.2, 0.25) is 0 Å². The summed E-state index contributed by atoms with van der Waals surface area (Å²) in [6, 6.07) is 27.1. The van der Waals surface area contributed by atoms with Crippen LogP contribution in [-0.2, 0) is 19.5 Å². The fraction of sp³-hybridized carbons (Fsp3) is 0.381. The van der Waals surface area contributed by atoms with Gasteiger partial charge in [0, 0.05) is 23.0 Å². The van der Waals surface area contributed by atoms with Crippen LogP contribution in [0.25, 0.3) is 0 Å². The third-order valence-corrected chi connectivity index (χ3v) is 10.5. The van der Waals surface area contributed by atoms with Gasteiger partial charge in [-0.2, -0.15) is 0 Å². The van der Waals surface area contributed by atoms with Crippen molar-refractivity contribution in [3.05, 3.63) is 129 Å². The van der Waals surface area contributed by atoms with Gasteiger partial charge in [-0.3, -0.25) is 0 Å². The van der Waals surface area contributed by atoms with Crippen molar-refractivity contribution in [3.8, 4) is 11.5 Å². The van der Waals surface area contributed by atoms with E-state index in [4.69, 9.17) is 0 Å². The van der Waals surface area contributed by atoms with Gasteiger partial charge in [0.05, 0.1) is 11.9 Å². The minimum absolute atomic E-state index is 0. The molecule has 2 aliphatic carbocycles. The molecule has 2 unspecified atom stereocenters. The number of phenols is 2. The molecule has 2 N–H and O–H groups in total. The molecule has 0 bridgehead atoms. The first-order chi connectivity index (χ1) is 23.2. The minimum Gasteiger partial charge on any atom is -0.545 e. The maximum Gasteiger partial charge on any atom is 2.00 e. The van der Waals surface area contributed by atoms with E-state index in [1.807, 2.05) is 72.8 Å². The predicted octanol–water partition coefficient (Wildman–Crippen LogP) is 7.91. The molecule has 0 amide bonds. The van der Waals surface area contributed by atoms with Gasteiger partial charge < -0.3 is 30.0 Å². The number of hydrogen-bond donors (Lipinski definition) is 2. The minimum atomic E-state index is -1.31. The van der Waals surface area contributed by atoms with Crippen molar-refractivity contribution in [2.45, 2.75) is 102 Å². The molecule has 2 fully saturated rings. The molecule has 6 nitrogen and oxygen atoms in total. The number of carboxylic acid groups (broad SMARTS) is 2. The summed E-state index contributed by atoms with van der Waals surface area (Å²) < 4.78 is 0. The van der Waals surface area contributed by atoms with Crippen molar-refractivity contribution in [2.24, 2.45) is 0 Å². The van der Waals surface area contributed by atoms with E-state index in [1.165, 1.54) is 12.8 Å². The molecule has 6 rings (SSSR count). The number of rotatable bonds is 8. The molecule has 252 valence electrons. The Labute approximate surface area is 303 Å². The standard InChI is InChI=1S/2C21H24O3.Zn/c2*1-14(15-8-4-2-5-9-15)17-12-18(16-10-6-3-7-11-16)20(22)19(13-17)21(23)24;/h2*2,4-5,8-9,12-14,16,22H,3,6-7,10-11H2,1H3,(H,23,24);/q;;+2/p-2. The zero-order valence-electron chi connectivity index (χ0n) is 28.7. The van der Waals surface area contributed by atoms with Crippen LogP contribution in [0.15, 0.2) is 84.9 Å². The van der Waals surface area contributed by atoms with Gasteiger partial charge in [-0.05, 0) is 83.0 Å². The van der Waals surface area contributed by atoms with E-state index in [1.54, 1.807) is 12.1 Å². The van der Waals surface area contributed by atoms with Gasteiger partial charge >= 0.3 is 19.5 Å². The Morgan fingerprint density at radius 1 is 0.551 bits per heavy atom. The van der Waals surface area contributed by atoms with E-state index in [0.717, 1.165) is 84.7 Å². The van der Waals surface area contributed by atoms with Crippen molar-refractivity contribution >= 4 is 11.9 Å². The van der Waals surface area contributed by atoms with Crippen molar-refractivity contribution in [2.75, 3.05) is 0 Å². The smallest absolute Gasteiger partial charge is 0.545 e. The van der Waals surface area contributed by atoms with Crippen LogP contribution >= 0.6 is 0 Å². The van der Waals surface area contributed by atoms with Gasteiger partial charge in [0.1, 0.15) is 11.5 Å². The summed E-state index contributed by atoms with van der Waals surface area (Å²) >= 11 is 0. The SMILES string of the molecule is CC(c1ccccc1)c1cc(C(=O)[O-])c(O)c(C2CCCCC2)c1.CC(c1ccccc1)c1cc(C(=O)[O-])c(O)c(C2CCCCC2)c1.[Zn+2]. The first kappa shape index (κ1) is 37.9. The van der Waals surface area contributed by atoms with Crippen molar-refractivity contribution < 1.29 is 49.5 Å². The Kier molecular flexibility index (Phi) is 13.6. The van der Waals surface area contributed by atoms with Gasteiger partial charge in [-0.1, -0.05) is 125 Å². The molecular weight excluding hydrogens is 666 g/mol. The van der Waals surface area contributed by atoms with E-state index >= 15 is 0 Å². The summed E-state index contributed by atoms with van der Waals surface area (Å²) in [5, 5.41) is 43.9. The van der Waals surface area contributed by atoms with Crippen LogP contribution in [0.4, 0.5) is 0 Å². The largest absolute Gasteiger partial charge is 2.00 e. The molecule has 49 heavy (non-hydrogen) atoms. The summed E-state index contributed by atoms with van der Waals surface area (Å²) in [4.78, 5) is 23.0. The van der Waals surface area contributed by atoms with E-state index in [9.17, 15) is 30.0 Å². The van der Waals surface area contributed by atoms with Crippen LogP contribution in [-0.4, -0.2) is 22.2 Å². The van der Waals surface area contributed by atoms with E-state index in [0.29, 0.717) is 0 Å². The first-order valence-corrected chi connectivity index (χ1v) is 17.4. The number of aromatic carboxylic acids is 2. The maximum atomic E-state index is 11.5. The van der Waals surface area contributed by atoms with Gasteiger partial charge in [0.15, 0.2) is 0 Å². The second-order valence-corrected chi connectivity index (χ2v) is 13.5. The number of carboxylic acids is 2. The van der Waals surface area contributed by atoms with E-state index in [-0.39, 0.29) is 65.8 Å². The molecule has 2 aliphatic rings. The van der Waals surface area contributed by atoms with Crippen molar-refractivity contribution in [1.29, 1.82) is 0 Å². The van der Waals surface area contributed by atoms with Crippen LogP contribution in [0.1, 0.15) is 156 Å². The van der Waals surface area contributed by atoms with Gasteiger partial charge in [0.2, 0.25) is 0 Å². The quantitative estimate of drug-likeness (QED) is 0.179. The molecule has 0 heterocycles. The summed E-state index contributed by atoms with van der Waals surface area (Å²) in [5.74, 6) is -2.24. The summed E-state index contributed by atoms with van der Waals surface area (Å²) in [6.45, 7) is 4.12. The van der Waals surface area contributed by atoms with Crippen LogP contribution < -0.4 is 10.2 Å². The van der Waals surface area contributed by atoms with E-state index in [2.05, 4.69) is 13.8 Å². The molecule has 4 aromatic carbocycles. The summed E-state index contributed by atoms with van der Waals surface area (Å²) in [7, 11) is 0. The molecule has 2 atom stereocenters. The Morgan fingerprint density at radius 3 is 1.18 bits per heavy atom. The number of carbonyl (C=O) groups excluding carboxylic acids is 2. The Bertz CT molecular complexity index is 1560. The summed E-state index contributed by atoms with van der Waals surface area (Å²) in [6.07, 6.45) is 11.0. The third-order valence-electron chi connectivity index (χ3n) is 10.5. The van der Waals surface area contributed by atoms with Gasteiger partial charge in [-0.15, -0.1) is 0 Å². The van der Waals surface area contributed by atoms with Crippen LogP contribution in [0, 0.1) is 0 Å². The second-order valence-electron chi connectivity index (χ2n) is 13.5. The normalized spacial score (nSPS) is 16.4. The molecule has 0 aliphatic heterocycles. The zero-order chi connectivity index (χ0) is 34.2. The third kappa shape index (κ3) is 9.19. The Hall–Kier alpha value is -3.96. The fourth-order valence-electron chi connectivity index (χ4n) is 7.49. The number of benzene rings is 4. The molecule has 0 spiro atoms. The average Bonchev–Trinajstić information content (AvgIpc) is 3.12. The van der Waals surface area contributed by atoms with Gasteiger partial charge in [0.25, 0.3) is 0 Å². The first-order valence-electron chi connectivity index (χ1n) is 17.4. The number of carbonyl (C=O) groups is 2. The summed E-state index contributed by atoms with van der Waals surface area (Å²) in [5.41, 5.74) is 5.46. The second kappa shape index (κ2) is 17.6. The van der Waals surface area contributed by atoms with Crippen LogP contribution in [0.3, 0.4) is 0 Å². The monoisotopic (exact) mass is 710 g/mol. The predicted molar refractivity (Wildman–Crippen MR) is 184 cm³/mol. The average molecular weight is 712 g/mol. The van der Waals surface area contributed by atoms with Crippen molar-refractivity contribution in [1.82, 2.24) is 0 Å².